The second kappa shape index (κ2) is 5.41. The van der Waals surface area contributed by atoms with Gasteiger partial charge in [0.25, 0.3) is 0 Å². The van der Waals surface area contributed by atoms with E-state index in [2.05, 4.69) is 0 Å². The standard InChI is InChI=1S/C13H17NO5S/c1-19-11-4-6-12(7-5-11)20(17,18)13(14(16)10-15)8-2-3-9-13/h4-7,10,16H,2-3,8-9H2,1H3. The molecule has 0 unspecified atom stereocenters. The van der Waals surface area contributed by atoms with Gasteiger partial charge < -0.3 is 4.74 Å². The first-order valence-electron chi connectivity index (χ1n) is 6.30. The fourth-order valence-corrected chi connectivity index (χ4v) is 4.67. The SMILES string of the molecule is COc1ccc(S(=O)(=O)C2(N(O)C=O)CCCC2)cc1. The first-order valence-corrected chi connectivity index (χ1v) is 7.78. The topological polar surface area (TPSA) is 83.9 Å². The van der Waals surface area contributed by atoms with Crippen molar-refractivity contribution < 1.29 is 23.2 Å². The highest BCUT2D eigenvalue weighted by molar-refractivity contribution is 7.92. The lowest BCUT2D eigenvalue weighted by atomic mass is 10.2. The van der Waals surface area contributed by atoms with E-state index >= 15 is 0 Å². The van der Waals surface area contributed by atoms with Gasteiger partial charge in [-0.1, -0.05) is 0 Å². The van der Waals surface area contributed by atoms with Crippen LogP contribution in [0.25, 0.3) is 0 Å². The summed E-state index contributed by atoms with van der Waals surface area (Å²) in [6.07, 6.45) is 1.93. The largest absolute Gasteiger partial charge is 0.497 e. The maximum absolute atomic E-state index is 12.8. The zero-order valence-corrected chi connectivity index (χ0v) is 12.0. The van der Waals surface area contributed by atoms with Crippen molar-refractivity contribution in [2.24, 2.45) is 0 Å². The number of carbonyl (C=O) groups is 1. The lowest BCUT2D eigenvalue weighted by Gasteiger charge is -2.33. The van der Waals surface area contributed by atoms with E-state index in [9.17, 15) is 18.4 Å². The van der Waals surface area contributed by atoms with Crippen molar-refractivity contribution in [1.82, 2.24) is 5.06 Å². The Kier molecular flexibility index (Phi) is 4.01. The highest BCUT2D eigenvalue weighted by Crippen LogP contribution is 2.42. The van der Waals surface area contributed by atoms with Gasteiger partial charge >= 0.3 is 0 Å². The predicted octanol–water partition coefficient (Wildman–Crippen LogP) is 1.59. The molecule has 110 valence electrons. The zero-order valence-electron chi connectivity index (χ0n) is 11.2. The number of hydroxylamine groups is 2. The number of sulfone groups is 1. The highest BCUT2D eigenvalue weighted by Gasteiger charge is 2.51. The van der Waals surface area contributed by atoms with Crippen molar-refractivity contribution in [2.45, 2.75) is 35.4 Å². The molecule has 0 aliphatic heterocycles. The fourth-order valence-electron chi connectivity index (χ4n) is 2.62. The molecule has 0 spiro atoms. The van der Waals surface area contributed by atoms with Crippen molar-refractivity contribution in [3.8, 4) is 5.75 Å². The van der Waals surface area contributed by atoms with Crippen LogP contribution in [-0.2, 0) is 14.6 Å². The van der Waals surface area contributed by atoms with E-state index in [4.69, 9.17) is 4.74 Å². The average Bonchev–Trinajstić information content (AvgIpc) is 2.97. The van der Waals surface area contributed by atoms with Gasteiger partial charge in [-0.2, -0.15) is 0 Å². The van der Waals surface area contributed by atoms with Crippen LogP contribution in [0.1, 0.15) is 25.7 Å². The number of methoxy groups -OCH3 is 1. The molecule has 6 nitrogen and oxygen atoms in total. The Balaban J connectivity index is 2.48. The number of hydrogen-bond donors (Lipinski definition) is 1. The second-order valence-corrected chi connectivity index (χ2v) is 7.02. The fraction of sp³-hybridized carbons (Fsp3) is 0.462. The third-order valence-corrected chi connectivity index (χ3v) is 6.26. The summed E-state index contributed by atoms with van der Waals surface area (Å²) in [5.41, 5.74) is 0. The van der Waals surface area contributed by atoms with Gasteiger partial charge in [0.05, 0.1) is 12.0 Å². The van der Waals surface area contributed by atoms with Gasteiger partial charge in [0.2, 0.25) is 16.2 Å². The summed E-state index contributed by atoms with van der Waals surface area (Å²) in [6, 6.07) is 5.93. The molecule has 0 radical (unpaired) electrons. The summed E-state index contributed by atoms with van der Waals surface area (Å²) in [5.74, 6) is 0.542. The molecule has 0 aromatic heterocycles. The van der Waals surface area contributed by atoms with Crippen LogP contribution < -0.4 is 4.74 Å². The van der Waals surface area contributed by atoms with Crippen molar-refractivity contribution in [3.63, 3.8) is 0 Å². The van der Waals surface area contributed by atoms with Crippen LogP contribution >= 0.6 is 0 Å². The summed E-state index contributed by atoms with van der Waals surface area (Å²) in [7, 11) is -2.36. The van der Waals surface area contributed by atoms with Crippen LogP contribution in [-0.4, -0.2) is 37.1 Å². The summed E-state index contributed by atoms with van der Waals surface area (Å²) in [5, 5.41) is 10.1. The van der Waals surface area contributed by atoms with Crippen LogP contribution in [0.5, 0.6) is 5.75 Å². The molecule has 0 saturated heterocycles. The Hall–Kier alpha value is -1.60. The van der Waals surface area contributed by atoms with Crippen LogP contribution in [0, 0.1) is 0 Å². The van der Waals surface area contributed by atoms with Gasteiger partial charge in [-0.3, -0.25) is 10.0 Å². The molecule has 1 aromatic rings. The number of rotatable bonds is 5. The molecule has 0 heterocycles. The second-order valence-electron chi connectivity index (χ2n) is 4.78. The van der Waals surface area contributed by atoms with Gasteiger partial charge in [-0.15, -0.1) is 0 Å². The number of ether oxygens (including phenoxy) is 1. The zero-order chi connectivity index (χ0) is 14.8. The predicted molar refractivity (Wildman–Crippen MR) is 71.1 cm³/mol. The third-order valence-electron chi connectivity index (χ3n) is 3.77. The smallest absolute Gasteiger partial charge is 0.234 e. The van der Waals surface area contributed by atoms with Crippen LogP contribution in [0.3, 0.4) is 0 Å². The van der Waals surface area contributed by atoms with Gasteiger partial charge in [-0.25, -0.2) is 13.5 Å². The molecule has 1 amide bonds. The van der Waals surface area contributed by atoms with Crippen LogP contribution in [0.2, 0.25) is 0 Å². The summed E-state index contributed by atoms with van der Waals surface area (Å²) >= 11 is 0. The summed E-state index contributed by atoms with van der Waals surface area (Å²) < 4.78 is 30.5. The molecular weight excluding hydrogens is 282 g/mol. The molecule has 1 aromatic carbocycles. The summed E-state index contributed by atoms with van der Waals surface area (Å²) in [4.78, 5) is 9.39. The quantitative estimate of drug-likeness (QED) is 0.507. The van der Waals surface area contributed by atoms with E-state index in [1.165, 1.54) is 31.4 Å². The number of carbonyl (C=O) groups excluding carboxylic acids is 1. The minimum atomic E-state index is -3.85. The lowest BCUT2D eigenvalue weighted by molar-refractivity contribution is -0.165. The minimum Gasteiger partial charge on any atom is -0.497 e. The third kappa shape index (κ3) is 2.16. The Morgan fingerprint density at radius 2 is 1.80 bits per heavy atom. The number of nitrogens with zero attached hydrogens (tertiary/aromatic N) is 1. The lowest BCUT2D eigenvalue weighted by Crippen LogP contribution is -2.50. The van der Waals surface area contributed by atoms with Crippen LogP contribution in [0.15, 0.2) is 29.2 Å². The van der Waals surface area contributed by atoms with E-state index in [0.29, 0.717) is 23.7 Å². The molecule has 2 rings (SSSR count). The Morgan fingerprint density at radius 3 is 2.25 bits per heavy atom. The van der Waals surface area contributed by atoms with Crippen molar-refractivity contribution >= 4 is 16.2 Å². The number of amides is 1. The number of benzene rings is 1. The van der Waals surface area contributed by atoms with Gasteiger partial charge in [0.1, 0.15) is 5.75 Å². The Morgan fingerprint density at radius 1 is 1.25 bits per heavy atom. The maximum atomic E-state index is 12.8. The van der Waals surface area contributed by atoms with Gasteiger partial charge in [0.15, 0.2) is 4.87 Å². The monoisotopic (exact) mass is 299 g/mol. The Bertz CT molecular complexity index is 575. The molecule has 7 heteroatoms. The van der Waals surface area contributed by atoms with E-state index in [0.717, 1.165) is 0 Å². The molecule has 1 aliphatic carbocycles. The first-order chi connectivity index (χ1) is 9.48. The molecule has 1 fully saturated rings. The number of hydrogen-bond acceptors (Lipinski definition) is 5. The molecule has 1 saturated carbocycles. The van der Waals surface area contributed by atoms with E-state index in [1.807, 2.05) is 0 Å². The van der Waals surface area contributed by atoms with Gasteiger partial charge in [-0.05, 0) is 49.9 Å². The molecule has 20 heavy (non-hydrogen) atoms. The van der Waals surface area contributed by atoms with E-state index < -0.39 is 14.7 Å². The van der Waals surface area contributed by atoms with Crippen molar-refractivity contribution in [1.29, 1.82) is 0 Å². The minimum absolute atomic E-state index is 0.0705. The molecular formula is C13H17NO5S. The molecule has 0 atom stereocenters. The molecule has 1 aliphatic rings. The molecule has 1 N–H and O–H groups in total. The Labute approximate surface area is 117 Å². The van der Waals surface area contributed by atoms with Crippen molar-refractivity contribution in [2.75, 3.05) is 7.11 Å². The van der Waals surface area contributed by atoms with Crippen molar-refractivity contribution in [3.05, 3.63) is 24.3 Å². The average molecular weight is 299 g/mol. The first kappa shape index (κ1) is 14.8. The van der Waals surface area contributed by atoms with Crippen LogP contribution in [0.4, 0.5) is 0 Å². The normalized spacial score (nSPS) is 17.7. The van der Waals surface area contributed by atoms with E-state index in [1.54, 1.807) is 0 Å². The summed E-state index contributed by atoms with van der Waals surface area (Å²) in [6.45, 7) is 0. The van der Waals surface area contributed by atoms with E-state index in [-0.39, 0.29) is 24.1 Å². The maximum Gasteiger partial charge on any atom is 0.234 e. The molecule has 0 bridgehead atoms. The highest BCUT2D eigenvalue weighted by atomic mass is 32.2. The van der Waals surface area contributed by atoms with Gasteiger partial charge in [0, 0.05) is 0 Å².